The van der Waals surface area contributed by atoms with E-state index in [0.717, 1.165) is 12.1 Å². The third-order valence-corrected chi connectivity index (χ3v) is 3.34. The highest BCUT2D eigenvalue weighted by molar-refractivity contribution is 5.96. The van der Waals surface area contributed by atoms with Crippen LogP contribution in [-0.2, 0) is 4.79 Å². The van der Waals surface area contributed by atoms with E-state index in [1.54, 1.807) is 18.2 Å². The molecule has 2 aromatic carbocycles. The average Bonchev–Trinajstić information content (AvgIpc) is 2.67. The van der Waals surface area contributed by atoms with Crippen LogP contribution < -0.4 is 15.5 Å². The molecule has 0 radical (unpaired) electrons. The van der Waals surface area contributed by atoms with Crippen molar-refractivity contribution in [2.24, 2.45) is 5.10 Å². The summed E-state index contributed by atoms with van der Waals surface area (Å²) in [6.45, 7) is -0.316. The van der Waals surface area contributed by atoms with Crippen molar-refractivity contribution in [3.8, 4) is 11.5 Å². The number of aromatic hydroxyl groups is 1. The molecule has 2 rings (SSSR count). The molecule has 2 aromatic rings. The predicted octanol–water partition coefficient (Wildman–Crippen LogP) is 1.19. The number of amides is 2. The lowest BCUT2D eigenvalue weighted by Gasteiger charge is -2.06. The summed E-state index contributed by atoms with van der Waals surface area (Å²) in [6, 6.07) is 10.1. The van der Waals surface area contributed by atoms with Gasteiger partial charge in [0.05, 0.1) is 24.8 Å². The van der Waals surface area contributed by atoms with Gasteiger partial charge in [-0.2, -0.15) is 5.10 Å². The first-order valence-electron chi connectivity index (χ1n) is 7.62. The predicted molar refractivity (Wildman–Crippen MR) is 95.8 cm³/mol. The number of methoxy groups -OCH3 is 1. The van der Waals surface area contributed by atoms with Gasteiger partial charge in [-0.3, -0.25) is 19.7 Å². The number of nitro benzene ring substituents is 1. The highest BCUT2D eigenvalue weighted by Crippen LogP contribution is 2.25. The molecule has 0 aliphatic heterocycles. The summed E-state index contributed by atoms with van der Waals surface area (Å²) in [5.74, 6) is -1.00. The standard InChI is InChI=1S/C17H16N4O6/c1-27-13-4-2-3-12(8-13)17(24)18-10-16(23)20-19-9-11-5-6-15(22)14(7-11)21(25)26/h2-9,22H,10H2,1H3,(H,18,24)(H,20,23). The fourth-order valence-electron chi connectivity index (χ4n) is 2.01. The van der Waals surface area contributed by atoms with Crippen LogP contribution in [-0.4, -0.2) is 41.7 Å². The van der Waals surface area contributed by atoms with Gasteiger partial charge in [0.15, 0.2) is 5.75 Å². The zero-order valence-corrected chi connectivity index (χ0v) is 14.2. The van der Waals surface area contributed by atoms with Gasteiger partial charge in [0.1, 0.15) is 5.75 Å². The van der Waals surface area contributed by atoms with Gasteiger partial charge in [-0.05, 0) is 30.3 Å². The lowest BCUT2D eigenvalue weighted by Crippen LogP contribution is -2.34. The summed E-state index contributed by atoms with van der Waals surface area (Å²) in [5.41, 5.74) is 2.35. The molecule has 0 atom stereocenters. The highest BCUT2D eigenvalue weighted by atomic mass is 16.6. The molecule has 140 valence electrons. The Morgan fingerprint density at radius 3 is 2.78 bits per heavy atom. The van der Waals surface area contributed by atoms with Crippen LogP contribution in [0, 0.1) is 10.1 Å². The maximum atomic E-state index is 12.0. The summed E-state index contributed by atoms with van der Waals surface area (Å²) in [5, 5.41) is 26.2. The first-order chi connectivity index (χ1) is 12.9. The SMILES string of the molecule is COc1cccc(C(=O)NCC(=O)NN=Cc2ccc(O)c([N+](=O)[O-])c2)c1. The Morgan fingerprint density at radius 2 is 2.07 bits per heavy atom. The monoisotopic (exact) mass is 372 g/mol. The van der Waals surface area contributed by atoms with Gasteiger partial charge in [-0.25, -0.2) is 5.43 Å². The van der Waals surface area contributed by atoms with Gasteiger partial charge in [0.25, 0.3) is 11.8 Å². The molecule has 0 aromatic heterocycles. The Bertz CT molecular complexity index is 897. The number of carbonyl (C=O) groups is 2. The first kappa shape index (κ1) is 19.4. The van der Waals surface area contributed by atoms with Crippen molar-refractivity contribution in [2.45, 2.75) is 0 Å². The molecule has 0 aliphatic rings. The van der Waals surface area contributed by atoms with Gasteiger partial charge < -0.3 is 15.2 Å². The van der Waals surface area contributed by atoms with Gasteiger partial charge in [-0.1, -0.05) is 6.07 Å². The maximum absolute atomic E-state index is 12.0. The van der Waals surface area contributed by atoms with Crippen molar-refractivity contribution in [3.63, 3.8) is 0 Å². The molecular weight excluding hydrogens is 356 g/mol. The molecule has 27 heavy (non-hydrogen) atoms. The van der Waals surface area contributed by atoms with Crippen LogP contribution in [0.1, 0.15) is 15.9 Å². The second-order valence-corrected chi connectivity index (χ2v) is 5.21. The van der Waals surface area contributed by atoms with Crippen LogP contribution in [0.15, 0.2) is 47.6 Å². The van der Waals surface area contributed by atoms with Crippen molar-refractivity contribution in [3.05, 3.63) is 63.7 Å². The van der Waals surface area contributed by atoms with E-state index in [0.29, 0.717) is 16.9 Å². The number of phenolic OH excluding ortho intramolecular Hbond substituents is 1. The van der Waals surface area contributed by atoms with Gasteiger partial charge in [0.2, 0.25) is 0 Å². The van der Waals surface area contributed by atoms with Crippen LogP contribution in [0.3, 0.4) is 0 Å². The van der Waals surface area contributed by atoms with E-state index in [2.05, 4.69) is 15.8 Å². The lowest BCUT2D eigenvalue weighted by molar-refractivity contribution is -0.385. The van der Waals surface area contributed by atoms with Crippen molar-refractivity contribution < 1.29 is 24.4 Å². The molecule has 2 amide bonds. The fraction of sp³-hybridized carbons (Fsp3) is 0.118. The van der Waals surface area contributed by atoms with Crippen LogP contribution in [0.2, 0.25) is 0 Å². The second-order valence-electron chi connectivity index (χ2n) is 5.21. The molecule has 0 saturated heterocycles. The van der Waals surface area contributed by atoms with Crippen molar-refractivity contribution in [1.82, 2.24) is 10.7 Å². The highest BCUT2D eigenvalue weighted by Gasteiger charge is 2.13. The van der Waals surface area contributed by atoms with Gasteiger partial charge >= 0.3 is 5.69 Å². The summed E-state index contributed by atoms with van der Waals surface area (Å²) >= 11 is 0. The molecule has 3 N–H and O–H groups in total. The number of carbonyl (C=O) groups excluding carboxylic acids is 2. The van der Waals surface area contributed by atoms with Crippen LogP contribution in [0.4, 0.5) is 5.69 Å². The Hall–Kier alpha value is -3.95. The zero-order valence-electron chi connectivity index (χ0n) is 14.2. The number of benzene rings is 2. The molecule has 0 fully saturated rings. The minimum atomic E-state index is -0.737. The average molecular weight is 372 g/mol. The number of phenols is 1. The van der Waals surface area contributed by atoms with E-state index in [4.69, 9.17) is 4.74 Å². The molecule has 0 saturated carbocycles. The minimum Gasteiger partial charge on any atom is -0.502 e. The lowest BCUT2D eigenvalue weighted by atomic mass is 10.2. The molecular formula is C17H16N4O6. The van der Waals surface area contributed by atoms with Crippen molar-refractivity contribution in [1.29, 1.82) is 0 Å². The summed E-state index contributed by atoms with van der Waals surface area (Å²) in [4.78, 5) is 33.7. The number of hydrogen-bond donors (Lipinski definition) is 3. The second kappa shape index (κ2) is 8.94. The molecule has 0 unspecified atom stereocenters. The van der Waals surface area contributed by atoms with E-state index < -0.39 is 28.2 Å². The smallest absolute Gasteiger partial charge is 0.311 e. The van der Waals surface area contributed by atoms with Crippen molar-refractivity contribution >= 4 is 23.7 Å². The molecule has 0 bridgehead atoms. The quantitative estimate of drug-likeness (QED) is 0.378. The third-order valence-electron chi connectivity index (χ3n) is 3.34. The van der Waals surface area contributed by atoms with Crippen LogP contribution >= 0.6 is 0 Å². The number of nitrogens with one attached hydrogen (secondary N) is 2. The van der Waals surface area contributed by atoms with Gasteiger partial charge in [0, 0.05) is 17.2 Å². The first-order valence-corrected chi connectivity index (χ1v) is 7.62. The Labute approximate surface area is 153 Å². The van der Waals surface area contributed by atoms with E-state index in [-0.39, 0.29) is 6.54 Å². The number of hydrazone groups is 1. The summed E-state index contributed by atoms with van der Waals surface area (Å²) in [6.07, 6.45) is 1.17. The van der Waals surface area contributed by atoms with E-state index in [9.17, 15) is 24.8 Å². The topological polar surface area (TPSA) is 143 Å². The largest absolute Gasteiger partial charge is 0.502 e. The summed E-state index contributed by atoms with van der Waals surface area (Å²) in [7, 11) is 1.48. The molecule has 0 heterocycles. The molecule has 10 heteroatoms. The van der Waals surface area contributed by atoms with Gasteiger partial charge in [-0.15, -0.1) is 0 Å². The molecule has 0 aliphatic carbocycles. The Kier molecular flexibility index (Phi) is 6.42. The van der Waals surface area contributed by atoms with Crippen LogP contribution in [0.25, 0.3) is 0 Å². The van der Waals surface area contributed by atoms with Crippen molar-refractivity contribution in [2.75, 3.05) is 13.7 Å². The summed E-state index contributed by atoms with van der Waals surface area (Å²) < 4.78 is 5.02. The Morgan fingerprint density at radius 1 is 1.30 bits per heavy atom. The number of nitro groups is 1. The normalized spacial score (nSPS) is 10.4. The Balaban J connectivity index is 1.87. The molecule has 10 nitrogen and oxygen atoms in total. The fourth-order valence-corrected chi connectivity index (χ4v) is 2.01. The number of hydrogen-bond acceptors (Lipinski definition) is 7. The zero-order chi connectivity index (χ0) is 19.8. The van der Waals surface area contributed by atoms with E-state index >= 15 is 0 Å². The number of rotatable bonds is 7. The van der Waals surface area contributed by atoms with Crippen LogP contribution in [0.5, 0.6) is 11.5 Å². The van der Waals surface area contributed by atoms with E-state index in [1.807, 2.05) is 0 Å². The van der Waals surface area contributed by atoms with E-state index in [1.165, 1.54) is 25.5 Å². The minimum absolute atomic E-state index is 0.306. The molecule has 0 spiro atoms. The third kappa shape index (κ3) is 5.53. The maximum Gasteiger partial charge on any atom is 0.311 e. The number of nitrogens with zero attached hydrogens (tertiary/aromatic N) is 2. The number of ether oxygens (including phenoxy) is 1.